The highest BCUT2D eigenvalue weighted by Crippen LogP contribution is 2.34. The molecule has 5 rings (SSSR count). The van der Waals surface area contributed by atoms with Gasteiger partial charge in [-0.1, -0.05) is 75.1 Å². The number of hydrogen-bond donors (Lipinski definition) is 0. The fraction of sp³-hybridized carbons (Fsp3) is 0.152. The van der Waals surface area contributed by atoms with Gasteiger partial charge in [0.05, 0.1) is 0 Å². The average molecular weight is 677 g/mol. The van der Waals surface area contributed by atoms with E-state index in [1.807, 2.05) is 56.3 Å². The first kappa shape index (κ1) is 36.2. The fourth-order valence-electron chi connectivity index (χ4n) is 5.49. The van der Waals surface area contributed by atoms with E-state index in [0.29, 0.717) is 45.8 Å². The monoisotopic (exact) mass is 676 g/mol. The third kappa shape index (κ3) is 10.2. The Balaban J connectivity index is 1.14. The highest BCUT2D eigenvalue weighted by atomic mass is 16.5. The first-order valence-electron chi connectivity index (χ1n) is 17.1. The zero-order valence-corrected chi connectivity index (χ0v) is 29.7. The summed E-state index contributed by atoms with van der Waals surface area (Å²) in [4.78, 5) is 13.3. The Morgan fingerprint density at radius 2 is 1.33 bits per heavy atom. The zero-order chi connectivity index (χ0) is 36.2. The lowest BCUT2D eigenvalue weighted by Crippen LogP contribution is -2.08. The summed E-state index contributed by atoms with van der Waals surface area (Å²) < 4.78 is 23.9. The molecule has 5 heteroatoms. The van der Waals surface area contributed by atoms with Gasteiger partial charge in [0.1, 0.15) is 46.0 Å². The molecular weight excluding hydrogens is 633 g/mol. The van der Waals surface area contributed by atoms with Gasteiger partial charge in [0, 0.05) is 24.0 Å². The normalized spacial score (nSPS) is 14.7. The predicted molar refractivity (Wildman–Crippen MR) is 207 cm³/mol. The van der Waals surface area contributed by atoms with Crippen LogP contribution in [0.25, 0.3) is 5.57 Å². The Morgan fingerprint density at radius 1 is 0.765 bits per heavy atom. The fourth-order valence-corrected chi connectivity index (χ4v) is 5.49. The topological polar surface area (TPSA) is 54.0 Å². The van der Waals surface area contributed by atoms with Gasteiger partial charge in [-0.05, 0) is 128 Å². The molecule has 0 saturated heterocycles. The largest absolute Gasteiger partial charge is 0.462 e. The van der Waals surface area contributed by atoms with Gasteiger partial charge in [0.15, 0.2) is 5.78 Å². The number of hydrogen-bond acceptors (Lipinski definition) is 5. The van der Waals surface area contributed by atoms with Gasteiger partial charge in [-0.3, -0.25) is 4.79 Å². The van der Waals surface area contributed by atoms with E-state index >= 15 is 0 Å². The summed E-state index contributed by atoms with van der Waals surface area (Å²) in [5.41, 5.74) is 4.68. The summed E-state index contributed by atoms with van der Waals surface area (Å²) in [6, 6.07) is 30.6. The van der Waals surface area contributed by atoms with Crippen molar-refractivity contribution in [2.45, 2.75) is 40.5 Å². The predicted octanol–water partition coefficient (Wildman–Crippen LogP) is 12.3. The molecule has 5 nitrogen and oxygen atoms in total. The van der Waals surface area contributed by atoms with Crippen molar-refractivity contribution in [2.75, 3.05) is 0 Å². The first-order valence-corrected chi connectivity index (χ1v) is 17.1. The highest BCUT2D eigenvalue weighted by Gasteiger charge is 2.18. The van der Waals surface area contributed by atoms with Gasteiger partial charge in [0.25, 0.3) is 0 Å². The van der Waals surface area contributed by atoms with Crippen molar-refractivity contribution in [3.8, 4) is 28.7 Å². The molecule has 0 fully saturated rings. The molecule has 0 aromatic heterocycles. The molecule has 0 amide bonds. The van der Waals surface area contributed by atoms with Gasteiger partial charge in [-0.2, -0.15) is 0 Å². The Morgan fingerprint density at radius 3 is 1.92 bits per heavy atom. The van der Waals surface area contributed by atoms with E-state index < -0.39 is 0 Å². The van der Waals surface area contributed by atoms with Crippen molar-refractivity contribution in [1.82, 2.24) is 0 Å². The highest BCUT2D eigenvalue weighted by molar-refractivity contribution is 6.10. The lowest BCUT2D eigenvalue weighted by molar-refractivity contribution is 0.103. The molecular formula is C46H44O5. The average Bonchev–Trinajstić information content (AvgIpc) is 3.14. The molecule has 258 valence electrons. The summed E-state index contributed by atoms with van der Waals surface area (Å²) in [6.45, 7) is 15.8. The third-order valence-corrected chi connectivity index (χ3v) is 8.29. The second-order valence-corrected chi connectivity index (χ2v) is 12.2. The molecule has 4 aromatic rings. The molecule has 1 atom stereocenters. The number of carbonyl (C=O) groups is 1. The molecule has 0 radical (unpaired) electrons. The smallest absolute Gasteiger partial charge is 0.192 e. The van der Waals surface area contributed by atoms with E-state index in [4.69, 9.17) is 18.9 Å². The zero-order valence-electron chi connectivity index (χ0n) is 29.7. The minimum absolute atomic E-state index is 0.116. The van der Waals surface area contributed by atoms with Crippen LogP contribution in [0.1, 0.15) is 55.1 Å². The van der Waals surface area contributed by atoms with Crippen molar-refractivity contribution >= 4 is 11.4 Å². The van der Waals surface area contributed by atoms with E-state index in [2.05, 4.69) is 63.4 Å². The van der Waals surface area contributed by atoms with Crippen LogP contribution >= 0.6 is 0 Å². The van der Waals surface area contributed by atoms with E-state index in [1.165, 1.54) is 11.1 Å². The number of ether oxygens (including phenoxy) is 4. The van der Waals surface area contributed by atoms with Gasteiger partial charge >= 0.3 is 0 Å². The quantitative estimate of drug-likeness (QED) is 0.0543. The standard InChI is InChI=1S/C46H44O5/c1-7-10-38(9-3)49-43-27-25-39(26-28-43)48-34(6)13-14-35(8-2)46(47)37-17-23-42(24-18-37)50-41-21-15-36(16-22-41)45-30-29-44(31-33(45)5)51-40-19-11-32(4)12-20-40/h7-8,10-30,33H,1,6,9,31H2,2-5H3/b14-13-,35-8+,38-10+/t33-/m0/s1. The van der Waals surface area contributed by atoms with Gasteiger partial charge in [-0.15, -0.1) is 0 Å². The molecule has 1 aliphatic carbocycles. The third-order valence-electron chi connectivity index (χ3n) is 8.29. The lowest BCUT2D eigenvalue weighted by Gasteiger charge is -2.22. The second kappa shape index (κ2) is 17.5. The van der Waals surface area contributed by atoms with Crippen LogP contribution in [0.2, 0.25) is 0 Å². The van der Waals surface area contributed by atoms with Crippen molar-refractivity contribution in [2.24, 2.45) is 5.92 Å². The molecule has 1 aliphatic rings. The molecule has 0 unspecified atom stereocenters. The molecule has 51 heavy (non-hydrogen) atoms. The maximum Gasteiger partial charge on any atom is 0.192 e. The number of allylic oxidation sites excluding steroid dienone is 11. The van der Waals surface area contributed by atoms with E-state index in [9.17, 15) is 4.79 Å². The van der Waals surface area contributed by atoms with Crippen molar-refractivity contribution in [3.63, 3.8) is 0 Å². The molecule has 0 aliphatic heterocycles. The molecule has 0 N–H and O–H groups in total. The second-order valence-electron chi connectivity index (χ2n) is 12.2. The Bertz CT molecular complexity index is 1990. The molecule has 0 saturated carbocycles. The summed E-state index contributed by atoms with van der Waals surface area (Å²) >= 11 is 0. The van der Waals surface area contributed by atoms with Crippen LogP contribution in [0.3, 0.4) is 0 Å². The summed E-state index contributed by atoms with van der Waals surface area (Å²) in [5.74, 6) is 5.90. The summed E-state index contributed by atoms with van der Waals surface area (Å²) in [6.07, 6.45) is 14.5. The van der Waals surface area contributed by atoms with Gasteiger partial charge in [0.2, 0.25) is 0 Å². The minimum Gasteiger partial charge on any atom is -0.462 e. The number of benzene rings is 4. The van der Waals surface area contributed by atoms with E-state index in [0.717, 1.165) is 35.7 Å². The number of ketones is 1. The number of rotatable bonds is 15. The van der Waals surface area contributed by atoms with Crippen LogP contribution < -0.4 is 18.9 Å². The maximum absolute atomic E-state index is 13.3. The summed E-state index contributed by atoms with van der Waals surface area (Å²) in [5, 5.41) is 0. The maximum atomic E-state index is 13.3. The minimum atomic E-state index is -0.116. The molecule has 0 heterocycles. The van der Waals surface area contributed by atoms with Gasteiger partial charge < -0.3 is 18.9 Å². The van der Waals surface area contributed by atoms with Crippen LogP contribution in [0.15, 0.2) is 176 Å². The van der Waals surface area contributed by atoms with E-state index in [-0.39, 0.29) is 5.78 Å². The summed E-state index contributed by atoms with van der Waals surface area (Å²) in [7, 11) is 0. The van der Waals surface area contributed by atoms with Gasteiger partial charge in [-0.25, -0.2) is 0 Å². The van der Waals surface area contributed by atoms with Crippen LogP contribution in [0, 0.1) is 12.8 Å². The molecule has 0 spiro atoms. The molecule has 4 aromatic carbocycles. The first-order chi connectivity index (χ1) is 24.7. The van der Waals surface area contributed by atoms with Crippen molar-refractivity contribution < 1.29 is 23.7 Å². The van der Waals surface area contributed by atoms with Crippen LogP contribution in [0.4, 0.5) is 0 Å². The Labute approximate surface area is 301 Å². The molecule has 0 bridgehead atoms. The van der Waals surface area contributed by atoms with Crippen LogP contribution in [-0.4, -0.2) is 5.78 Å². The Hall–Kier alpha value is -6.07. The Kier molecular flexibility index (Phi) is 12.5. The van der Waals surface area contributed by atoms with Crippen molar-refractivity contribution in [1.29, 1.82) is 0 Å². The number of aryl methyl sites for hydroxylation is 1. The van der Waals surface area contributed by atoms with Crippen molar-refractivity contribution in [3.05, 3.63) is 192 Å². The number of Topliss-reactive ketones (excluding diaryl/α,β-unsaturated/α-hetero) is 1. The number of carbonyl (C=O) groups excluding carboxylic acids is 1. The van der Waals surface area contributed by atoms with Crippen LogP contribution in [-0.2, 0) is 0 Å². The SMILES string of the molecule is C=C/C=C(\CC)Oc1ccc(OC(=C)/C=C\C(=C/C)C(=O)c2ccc(Oc3ccc(C4=CC=C(Oc5ccc(C)cc5)C[C@@H]4C)cc3)cc2)cc1. The van der Waals surface area contributed by atoms with Crippen LogP contribution in [0.5, 0.6) is 28.7 Å². The lowest BCUT2D eigenvalue weighted by atomic mass is 9.87. The van der Waals surface area contributed by atoms with E-state index in [1.54, 1.807) is 60.7 Å².